The molecule has 6 heteroatoms. The first-order chi connectivity index (χ1) is 11.7. The van der Waals surface area contributed by atoms with E-state index in [1.807, 2.05) is 0 Å². The molecule has 0 amide bonds. The van der Waals surface area contributed by atoms with Crippen molar-refractivity contribution >= 4 is 5.97 Å². The molecule has 4 atom stereocenters. The van der Waals surface area contributed by atoms with Crippen molar-refractivity contribution in [1.82, 2.24) is 0 Å². The number of ether oxygens (including phenoxy) is 4. The van der Waals surface area contributed by atoms with Gasteiger partial charge in [-0.2, -0.15) is 0 Å². The highest BCUT2D eigenvalue weighted by Gasteiger charge is 2.44. The van der Waals surface area contributed by atoms with Gasteiger partial charge in [-0.25, -0.2) is 4.79 Å². The Kier molecular flexibility index (Phi) is 7.14. The maximum atomic E-state index is 12.3. The molecule has 1 fully saturated rings. The molecule has 1 unspecified atom stereocenters. The van der Waals surface area contributed by atoms with Gasteiger partial charge < -0.3 is 24.1 Å². The molecule has 1 aliphatic heterocycles. The molecule has 0 spiro atoms. The fourth-order valence-corrected chi connectivity index (χ4v) is 2.36. The van der Waals surface area contributed by atoms with Crippen LogP contribution < -0.4 is 0 Å². The summed E-state index contributed by atoms with van der Waals surface area (Å²) in [5, 5.41) is 10.1. The van der Waals surface area contributed by atoms with Crippen molar-refractivity contribution in [3.05, 3.63) is 61.2 Å². The first-order valence-electron chi connectivity index (χ1n) is 7.68. The Morgan fingerprint density at radius 3 is 2.50 bits per heavy atom. The first-order valence-corrected chi connectivity index (χ1v) is 7.68. The molecule has 0 aromatic heterocycles. The highest BCUT2D eigenvalue weighted by molar-refractivity contribution is 5.89. The van der Waals surface area contributed by atoms with Crippen LogP contribution in [0.5, 0.6) is 0 Å². The van der Waals surface area contributed by atoms with E-state index in [0.29, 0.717) is 5.56 Å². The smallest absolute Gasteiger partial charge is 0.338 e. The van der Waals surface area contributed by atoms with E-state index in [0.717, 1.165) is 0 Å². The lowest BCUT2D eigenvalue weighted by Crippen LogP contribution is -2.56. The number of carbonyl (C=O) groups excluding carboxylic acids is 1. The summed E-state index contributed by atoms with van der Waals surface area (Å²) in [6, 6.07) is 8.51. The summed E-state index contributed by atoms with van der Waals surface area (Å²) in [6.45, 7) is 7.84. The van der Waals surface area contributed by atoms with Crippen molar-refractivity contribution < 1.29 is 28.8 Å². The highest BCUT2D eigenvalue weighted by atomic mass is 16.7. The molecule has 6 nitrogen and oxygen atoms in total. The molecule has 1 N–H and O–H groups in total. The van der Waals surface area contributed by atoms with Gasteiger partial charge in [0.1, 0.15) is 12.2 Å². The topological polar surface area (TPSA) is 74.2 Å². The number of hydrogen-bond donors (Lipinski definition) is 1. The molecule has 1 aromatic rings. The van der Waals surface area contributed by atoms with Gasteiger partial charge in [0, 0.05) is 0 Å². The molecule has 2 rings (SSSR count). The van der Waals surface area contributed by atoms with Crippen molar-refractivity contribution in [2.45, 2.75) is 24.6 Å². The van der Waals surface area contributed by atoms with Crippen LogP contribution in [0.15, 0.2) is 55.6 Å². The van der Waals surface area contributed by atoms with E-state index in [1.165, 1.54) is 0 Å². The van der Waals surface area contributed by atoms with E-state index in [4.69, 9.17) is 18.9 Å². The number of esters is 1. The van der Waals surface area contributed by atoms with Crippen LogP contribution in [0.25, 0.3) is 0 Å². The molecule has 0 aliphatic carbocycles. The third kappa shape index (κ3) is 4.75. The molecule has 130 valence electrons. The second-order valence-electron chi connectivity index (χ2n) is 5.21. The third-order valence-electron chi connectivity index (χ3n) is 3.49. The van der Waals surface area contributed by atoms with Crippen LogP contribution in [-0.4, -0.2) is 55.5 Å². The Labute approximate surface area is 141 Å². The van der Waals surface area contributed by atoms with Gasteiger partial charge in [-0.05, 0) is 12.1 Å². The van der Waals surface area contributed by atoms with E-state index >= 15 is 0 Å². The van der Waals surface area contributed by atoms with Gasteiger partial charge in [-0.3, -0.25) is 0 Å². The maximum absolute atomic E-state index is 12.3. The van der Waals surface area contributed by atoms with Gasteiger partial charge in [-0.15, -0.1) is 13.2 Å². The average molecular weight is 334 g/mol. The van der Waals surface area contributed by atoms with Crippen LogP contribution >= 0.6 is 0 Å². The van der Waals surface area contributed by atoms with Gasteiger partial charge in [0.15, 0.2) is 12.4 Å². The van der Waals surface area contributed by atoms with Crippen LogP contribution in [0.2, 0.25) is 0 Å². The average Bonchev–Trinajstić information content (AvgIpc) is 2.61. The first kappa shape index (κ1) is 18.4. The molecular weight excluding hydrogens is 312 g/mol. The predicted octanol–water partition coefficient (Wildman–Crippen LogP) is 1.70. The summed E-state index contributed by atoms with van der Waals surface area (Å²) in [5.74, 6) is -0.570. The van der Waals surface area contributed by atoms with Crippen LogP contribution in [-0.2, 0) is 18.9 Å². The molecule has 0 saturated carbocycles. The summed E-state index contributed by atoms with van der Waals surface area (Å²) < 4.78 is 22.0. The van der Waals surface area contributed by atoms with Crippen molar-refractivity contribution in [2.75, 3.05) is 19.8 Å². The van der Waals surface area contributed by atoms with Gasteiger partial charge >= 0.3 is 5.97 Å². The Balaban J connectivity index is 2.13. The number of benzene rings is 1. The molecule has 1 heterocycles. The minimum absolute atomic E-state index is 0.121. The van der Waals surface area contributed by atoms with E-state index < -0.39 is 30.6 Å². The second kappa shape index (κ2) is 9.34. The molecule has 0 bridgehead atoms. The van der Waals surface area contributed by atoms with Crippen molar-refractivity contribution in [2.24, 2.45) is 0 Å². The normalized spacial score (nSPS) is 26.5. The van der Waals surface area contributed by atoms with Crippen LogP contribution in [0.4, 0.5) is 0 Å². The lowest BCUT2D eigenvalue weighted by atomic mass is 10.0. The quantitative estimate of drug-likeness (QED) is 0.576. The fourth-order valence-electron chi connectivity index (χ4n) is 2.36. The maximum Gasteiger partial charge on any atom is 0.338 e. The van der Waals surface area contributed by atoms with E-state index in [9.17, 15) is 9.90 Å². The minimum Gasteiger partial charge on any atom is -0.450 e. The summed E-state index contributed by atoms with van der Waals surface area (Å²) in [7, 11) is 0. The fraction of sp³-hybridized carbons (Fsp3) is 0.389. The van der Waals surface area contributed by atoms with Crippen LogP contribution in [0.1, 0.15) is 10.4 Å². The zero-order valence-corrected chi connectivity index (χ0v) is 13.4. The summed E-state index contributed by atoms with van der Waals surface area (Å²) in [6.07, 6.45) is -0.320. The molecule has 1 aliphatic rings. The summed E-state index contributed by atoms with van der Waals surface area (Å²) in [5.41, 5.74) is 0.376. The predicted molar refractivity (Wildman–Crippen MR) is 87.5 cm³/mol. The number of aliphatic hydroxyl groups is 1. The van der Waals surface area contributed by atoms with Gasteiger partial charge in [0.2, 0.25) is 0 Å². The highest BCUT2D eigenvalue weighted by Crippen LogP contribution is 2.23. The minimum atomic E-state index is -1.30. The van der Waals surface area contributed by atoms with Crippen molar-refractivity contribution in [3.63, 3.8) is 0 Å². The second-order valence-corrected chi connectivity index (χ2v) is 5.21. The van der Waals surface area contributed by atoms with Gasteiger partial charge in [-0.1, -0.05) is 30.4 Å². The number of rotatable bonds is 8. The zero-order valence-electron chi connectivity index (χ0n) is 13.4. The lowest BCUT2D eigenvalue weighted by Gasteiger charge is -2.39. The Hall–Kier alpha value is -1.99. The SMILES string of the molecule is C=CCO[C@@H]1[C@@H](OCC=C)COC(O)[C@@H]1OC(=O)c1ccccc1. The summed E-state index contributed by atoms with van der Waals surface area (Å²) in [4.78, 5) is 12.3. The zero-order chi connectivity index (χ0) is 17.4. The van der Waals surface area contributed by atoms with Crippen molar-refractivity contribution in [3.8, 4) is 0 Å². The Morgan fingerprint density at radius 1 is 1.17 bits per heavy atom. The number of hydrogen-bond acceptors (Lipinski definition) is 6. The van der Waals surface area contributed by atoms with Crippen LogP contribution in [0.3, 0.4) is 0 Å². The largest absolute Gasteiger partial charge is 0.450 e. The van der Waals surface area contributed by atoms with E-state index in [-0.39, 0.29) is 19.8 Å². The molecule has 1 aromatic carbocycles. The third-order valence-corrected chi connectivity index (χ3v) is 3.49. The van der Waals surface area contributed by atoms with Crippen molar-refractivity contribution in [1.29, 1.82) is 0 Å². The lowest BCUT2D eigenvalue weighted by molar-refractivity contribution is -0.265. The Morgan fingerprint density at radius 2 is 1.83 bits per heavy atom. The Bertz CT molecular complexity index is 544. The van der Waals surface area contributed by atoms with Crippen LogP contribution in [0, 0.1) is 0 Å². The van der Waals surface area contributed by atoms with Gasteiger partial charge in [0.25, 0.3) is 0 Å². The summed E-state index contributed by atoms with van der Waals surface area (Å²) >= 11 is 0. The van der Waals surface area contributed by atoms with E-state index in [1.54, 1.807) is 42.5 Å². The molecule has 24 heavy (non-hydrogen) atoms. The molecule has 0 radical (unpaired) electrons. The van der Waals surface area contributed by atoms with E-state index in [2.05, 4.69) is 13.2 Å². The van der Waals surface area contributed by atoms with Gasteiger partial charge in [0.05, 0.1) is 25.4 Å². The standard InChI is InChI=1S/C18H22O6/c1-3-10-21-14-12-23-18(20)16(15(14)22-11-4-2)24-17(19)13-8-6-5-7-9-13/h3-9,14-16,18,20H,1-2,10-12H2/t14-,15+,16+,18?/m0/s1. The molecule has 1 saturated heterocycles. The monoisotopic (exact) mass is 334 g/mol. The molecular formula is C18H22O6. The number of carbonyl (C=O) groups is 1. The number of aliphatic hydroxyl groups excluding tert-OH is 1.